The SMILES string of the molecule is COC(=O)C(CC1=c2ccccc2=NC1=Cc1c(-c2cccs2)[nH][nH]c1=O)NC(C)=O. The lowest BCUT2D eigenvalue weighted by atomic mass is 10.00. The van der Waals surface area contributed by atoms with E-state index < -0.39 is 12.0 Å². The summed E-state index contributed by atoms with van der Waals surface area (Å²) in [6, 6.07) is 10.5. The van der Waals surface area contributed by atoms with Crippen molar-refractivity contribution in [2.45, 2.75) is 19.4 Å². The second-order valence-corrected chi connectivity index (χ2v) is 7.91. The van der Waals surface area contributed by atoms with Crippen LogP contribution < -0.4 is 21.5 Å². The van der Waals surface area contributed by atoms with Crippen LogP contribution in [0.5, 0.6) is 0 Å². The molecule has 2 aromatic heterocycles. The summed E-state index contributed by atoms with van der Waals surface area (Å²) in [5.41, 5.74) is 2.15. The molecule has 1 aliphatic heterocycles. The molecule has 1 amide bonds. The maximum atomic E-state index is 12.5. The Morgan fingerprint density at radius 1 is 1.23 bits per heavy atom. The first-order valence-electron chi connectivity index (χ1n) is 9.56. The minimum absolute atomic E-state index is 0.176. The molecular formula is C22H20N4O4S. The van der Waals surface area contributed by atoms with Crippen molar-refractivity contribution in [1.29, 1.82) is 0 Å². The summed E-state index contributed by atoms with van der Waals surface area (Å²) in [5.74, 6) is -0.892. The van der Waals surface area contributed by atoms with E-state index in [9.17, 15) is 14.4 Å². The first kappa shape index (κ1) is 20.5. The molecule has 9 heteroatoms. The molecule has 1 aliphatic rings. The smallest absolute Gasteiger partial charge is 0.328 e. The van der Waals surface area contributed by atoms with Crippen molar-refractivity contribution >= 4 is 34.9 Å². The number of carbonyl (C=O) groups excluding carboxylic acids is 2. The number of carbonyl (C=O) groups is 2. The van der Waals surface area contributed by atoms with Crippen molar-refractivity contribution in [1.82, 2.24) is 15.5 Å². The van der Waals surface area contributed by atoms with E-state index in [4.69, 9.17) is 4.74 Å². The standard InChI is InChI=1S/C22H20N4O4S/c1-12(27)23-18(22(29)30-2)10-14-13-6-3-4-7-16(13)24-17(14)11-15-20(25-26-21(15)28)19-8-5-9-31-19/h3-9,11,18H,10H2,1-2H3,(H,23,27)(H2,25,26,28). The number of rotatable bonds is 6. The van der Waals surface area contributed by atoms with Gasteiger partial charge < -0.3 is 10.1 Å². The van der Waals surface area contributed by atoms with Gasteiger partial charge in [0.15, 0.2) is 0 Å². The number of aromatic amines is 2. The summed E-state index contributed by atoms with van der Waals surface area (Å²) >= 11 is 1.51. The molecule has 3 N–H and O–H groups in total. The highest BCUT2D eigenvalue weighted by atomic mass is 32.1. The van der Waals surface area contributed by atoms with Crippen LogP contribution in [0.3, 0.4) is 0 Å². The number of benzene rings is 1. The topological polar surface area (TPSA) is 116 Å². The van der Waals surface area contributed by atoms with E-state index in [-0.39, 0.29) is 17.9 Å². The number of aromatic nitrogens is 2. The molecule has 158 valence electrons. The van der Waals surface area contributed by atoms with E-state index in [0.717, 1.165) is 21.0 Å². The number of allylic oxidation sites excluding steroid dienone is 1. The van der Waals surface area contributed by atoms with Gasteiger partial charge >= 0.3 is 5.97 Å². The third-order valence-corrected chi connectivity index (χ3v) is 5.80. The number of nitrogens with one attached hydrogen (secondary N) is 3. The molecule has 1 aromatic carbocycles. The molecule has 31 heavy (non-hydrogen) atoms. The van der Waals surface area contributed by atoms with E-state index >= 15 is 0 Å². The third kappa shape index (κ3) is 4.13. The Kier molecular flexibility index (Phi) is 5.68. The fourth-order valence-electron chi connectivity index (χ4n) is 3.54. The van der Waals surface area contributed by atoms with Crippen LogP contribution in [-0.4, -0.2) is 35.2 Å². The summed E-state index contributed by atoms with van der Waals surface area (Å²) in [5, 5.41) is 11.7. The van der Waals surface area contributed by atoms with Crippen LogP contribution in [0.1, 0.15) is 18.9 Å². The number of H-pyrrole nitrogens is 2. The molecule has 3 heterocycles. The van der Waals surface area contributed by atoms with Gasteiger partial charge in [-0.05, 0) is 29.2 Å². The maximum absolute atomic E-state index is 12.5. The highest BCUT2D eigenvalue weighted by molar-refractivity contribution is 7.13. The zero-order valence-corrected chi connectivity index (χ0v) is 17.7. The molecule has 0 saturated heterocycles. The van der Waals surface area contributed by atoms with E-state index in [2.05, 4.69) is 20.5 Å². The Balaban J connectivity index is 1.83. The molecule has 0 bridgehead atoms. The van der Waals surface area contributed by atoms with Crippen molar-refractivity contribution in [2.75, 3.05) is 7.11 Å². The van der Waals surface area contributed by atoms with Crippen molar-refractivity contribution < 1.29 is 14.3 Å². The van der Waals surface area contributed by atoms with Crippen molar-refractivity contribution in [3.05, 3.63) is 74.0 Å². The number of para-hydroxylation sites is 1. The minimum atomic E-state index is -0.872. The zero-order chi connectivity index (χ0) is 22.0. The molecule has 0 saturated carbocycles. The molecule has 0 radical (unpaired) electrons. The summed E-state index contributed by atoms with van der Waals surface area (Å²) < 4.78 is 4.86. The highest BCUT2D eigenvalue weighted by Crippen LogP contribution is 2.28. The van der Waals surface area contributed by atoms with Gasteiger partial charge in [0.05, 0.1) is 34.3 Å². The highest BCUT2D eigenvalue weighted by Gasteiger charge is 2.26. The molecule has 0 fully saturated rings. The van der Waals surface area contributed by atoms with Crippen molar-refractivity contribution in [3.8, 4) is 10.6 Å². The molecule has 4 rings (SSSR count). The minimum Gasteiger partial charge on any atom is -0.467 e. The van der Waals surface area contributed by atoms with Crippen molar-refractivity contribution in [2.24, 2.45) is 4.99 Å². The number of thiophene rings is 1. The molecule has 1 unspecified atom stereocenters. The van der Waals surface area contributed by atoms with Crippen LogP contribution in [0, 0.1) is 0 Å². The number of hydrogen-bond acceptors (Lipinski definition) is 6. The predicted octanol–water partition coefficient (Wildman–Crippen LogP) is 1.32. The van der Waals surface area contributed by atoms with Crippen LogP contribution in [-0.2, 0) is 14.3 Å². The fraction of sp³-hybridized carbons (Fsp3) is 0.182. The first-order chi connectivity index (χ1) is 15.0. The molecule has 1 atom stereocenters. The van der Waals surface area contributed by atoms with Gasteiger partial charge in [0.25, 0.3) is 5.56 Å². The van der Waals surface area contributed by atoms with Gasteiger partial charge in [0.2, 0.25) is 5.91 Å². The molecule has 8 nitrogen and oxygen atoms in total. The Bertz CT molecular complexity index is 1350. The normalized spacial score (nSPS) is 14.8. The summed E-state index contributed by atoms with van der Waals surface area (Å²) in [4.78, 5) is 42.0. The fourth-order valence-corrected chi connectivity index (χ4v) is 4.28. The quantitative estimate of drug-likeness (QED) is 0.506. The molecule has 0 spiro atoms. The van der Waals surface area contributed by atoms with E-state index in [1.165, 1.54) is 25.4 Å². The van der Waals surface area contributed by atoms with Crippen LogP contribution in [0.4, 0.5) is 0 Å². The van der Waals surface area contributed by atoms with E-state index in [1.807, 2.05) is 41.8 Å². The Morgan fingerprint density at radius 3 is 2.74 bits per heavy atom. The van der Waals surface area contributed by atoms with Crippen LogP contribution in [0.25, 0.3) is 22.2 Å². The van der Waals surface area contributed by atoms with Gasteiger partial charge in [-0.15, -0.1) is 11.3 Å². The molecule has 0 aliphatic carbocycles. The molecule has 3 aromatic rings. The Hall–Kier alpha value is -3.72. The van der Waals surface area contributed by atoms with Crippen LogP contribution >= 0.6 is 11.3 Å². The predicted molar refractivity (Wildman–Crippen MR) is 118 cm³/mol. The number of fused-ring (bicyclic) bond motifs is 1. The maximum Gasteiger partial charge on any atom is 0.328 e. The zero-order valence-electron chi connectivity index (χ0n) is 16.9. The lowest BCUT2D eigenvalue weighted by Gasteiger charge is -2.16. The number of esters is 1. The first-order valence-corrected chi connectivity index (χ1v) is 10.4. The van der Waals surface area contributed by atoms with Crippen LogP contribution in [0.15, 0.2) is 57.3 Å². The van der Waals surface area contributed by atoms with Gasteiger partial charge in [-0.2, -0.15) is 0 Å². The van der Waals surface area contributed by atoms with Gasteiger partial charge in [0.1, 0.15) is 6.04 Å². The largest absolute Gasteiger partial charge is 0.467 e. The van der Waals surface area contributed by atoms with Gasteiger partial charge in [0, 0.05) is 18.6 Å². The van der Waals surface area contributed by atoms with Gasteiger partial charge in [-0.3, -0.25) is 19.8 Å². The number of nitrogens with zero attached hydrogens (tertiary/aromatic N) is 1. The third-order valence-electron chi connectivity index (χ3n) is 4.91. The number of hydrogen-bond donors (Lipinski definition) is 3. The van der Waals surface area contributed by atoms with E-state index in [1.54, 1.807) is 6.08 Å². The monoisotopic (exact) mass is 436 g/mol. The van der Waals surface area contributed by atoms with E-state index in [0.29, 0.717) is 17.0 Å². The lowest BCUT2D eigenvalue weighted by Crippen LogP contribution is -2.41. The summed E-state index contributed by atoms with van der Waals surface area (Å²) in [6.07, 6.45) is 1.89. The number of methoxy groups -OCH3 is 1. The Morgan fingerprint density at radius 2 is 2.03 bits per heavy atom. The van der Waals surface area contributed by atoms with Crippen LogP contribution in [0.2, 0.25) is 0 Å². The number of ether oxygens (including phenoxy) is 1. The second-order valence-electron chi connectivity index (χ2n) is 6.96. The molecular weight excluding hydrogens is 416 g/mol. The average molecular weight is 436 g/mol. The van der Waals surface area contributed by atoms with Gasteiger partial charge in [-0.1, -0.05) is 24.3 Å². The summed E-state index contributed by atoms with van der Waals surface area (Å²) in [7, 11) is 1.28. The second kappa shape index (κ2) is 8.57. The lowest BCUT2D eigenvalue weighted by molar-refractivity contribution is -0.144. The van der Waals surface area contributed by atoms with Gasteiger partial charge in [-0.25, -0.2) is 9.79 Å². The average Bonchev–Trinajstić information content (AvgIpc) is 3.47. The summed E-state index contributed by atoms with van der Waals surface area (Å²) in [6.45, 7) is 1.34. The van der Waals surface area contributed by atoms with Crippen molar-refractivity contribution in [3.63, 3.8) is 0 Å². The number of amides is 1. The Labute approximate surface area is 181 Å².